The number of rotatable bonds is 6. The van der Waals surface area contributed by atoms with Crippen molar-refractivity contribution < 1.29 is 14.3 Å². The van der Waals surface area contributed by atoms with Gasteiger partial charge in [-0.05, 0) is 37.1 Å². The number of benzene rings is 1. The Hall–Kier alpha value is -1.75. The summed E-state index contributed by atoms with van der Waals surface area (Å²) in [5.74, 6) is 1.71. The van der Waals surface area contributed by atoms with Gasteiger partial charge in [-0.3, -0.25) is 4.79 Å². The zero-order chi connectivity index (χ0) is 14.4. The van der Waals surface area contributed by atoms with Crippen LogP contribution >= 0.6 is 0 Å². The lowest BCUT2D eigenvalue weighted by Crippen LogP contribution is -2.33. The monoisotopic (exact) mass is 278 g/mol. The van der Waals surface area contributed by atoms with E-state index in [0.29, 0.717) is 6.54 Å². The molecule has 1 heterocycles. The minimum atomic E-state index is 0.125. The van der Waals surface area contributed by atoms with Crippen LogP contribution in [-0.2, 0) is 11.2 Å². The highest BCUT2D eigenvalue weighted by molar-refractivity contribution is 5.79. The fourth-order valence-electron chi connectivity index (χ4n) is 2.39. The fourth-order valence-corrected chi connectivity index (χ4v) is 2.39. The topological polar surface area (TPSA) is 59.6 Å². The first-order valence-electron chi connectivity index (χ1n) is 6.94. The van der Waals surface area contributed by atoms with Gasteiger partial charge >= 0.3 is 0 Å². The first kappa shape index (κ1) is 14.7. The Labute approximate surface area is 119 Å². The molecule has 5 nitrogen and oxygen atoms in total. The van der Waals surface area contributed by atoms with E-state index in [9.17, 15) is 4.79 Å². The lowest BCUT2D eigenvalue weighted by atomic mass is 10.1. The Morgan fingerprint density at radius 1 is 1.35 bits per heavy atom. The molecule has 110 valence electrons. The predicted octanol–water partition coefficient (Wildman–Crippen LogP) is 0.972. The summed E-state index contributed by atoms with van der Waals surface area (Å²) in [6.45, 7) is 2.38. The number of methoxy groups -OCH3 is 2. The van der Waals surface area contributed by atoms with Gasteiger partial charge in [-0.1, -0.05) is 6.07 Å². The van der Waals surface area contributed by atoms with Crippen LogP contribution in [0.25, 0.3) is 0 Å². The Bertz CT molecular complexity index is 456. The van der Waals surface area contributed by atoms with Crippen LogP contribution in [-0.4, -0.2) is 39.8 Å². The predicted molar refractivity (Wildman–Crippen MR) is 77.2 cm³/mol. The largest absolute Gasteiger partial charge is 0.493 e. The van der Waals surface area contributed by atoms with Gasteiger partial charge in [-0.15, -0.1) is 0 Å². The quantitative estimate of drug-likeness (QED) is 0.814. The highest BCUT2D eigenvalue weighted by Crippen LogP contribution is 2.27. The van der Waals surface area contributed by atoms with Crippen molar-refractivity contribution in [3.05, 3.63) is 23.8 Å². The number of amides is 1. The molecule has 1 aromatic rings. The number of nitrogens with one attached hydrogen (secondary N) is 2. The zero-order valence-corrected chi connectivity index (χ0v) is 12.1. The smallest absolute Gasteiger partial charge is 0.224 e. The molecule has 0 spiro atoms. The van der Waals surface area contributed by atoms with Crippen molar-refractivity contribution in [3.63, 3.8) is 0 Å². The van der Waals surface area contributed by atoms with Gasteiger partial charge in [-0.25, -0.2) is 0 Å². The molecule has 1 aliphatic rings. The van der Waals surface area contributed by atoms with Crippen molar-refractivity contribution in [2.45, 2.75) is 12.8 Å². The van der Waals surface area contributed by atoms with Crippen molar-refractivity contribution in [1.29, 1.82) is 0 Å². The second-order valence-corrected chi connectivity index (χ2v) is 4.92. The second kappa shape index (κ2) is 7.14. The van der Waals surface area contributed by atoms with Crippen molar-refractivity contribution >= 4 is 5.91 Å². The first-order valence-corrected chi connectivity index (χ1v) is 6.94. The molecule has 1 aliphatic heterocycles. The molecule has 1 saturated heterocycles. The van der Waals surface area contributed by atoms with Gasteiger partial charge in [0.25, 0.3) is 0 Å². The summed E-state index contributed by atoms with van der Waals surface area (Å²) in [6.07, 6.45) is 1.72. The Morgan fingerprint density at radius 2 is 2.15 bits per heavy atom. The second-order valence-electron chi connectivity index (χ2n) is 4.92. The molecule has 0 bridgehead atoms. The van der Waals surface area contributed by atoms with Crippen LogP contribution in [0.3, 0.4) is 0 Å². The maximum atomic E-state index is 11.9. The van der Waals surface area contributed by atoms with Crippen molar-refractivity contribution in [2.75, 3.05) is 33.9 Å². The third-order valence-electron chi connectivity index (χ3n) is 3.59. The molecule has 2 N–H and O–H groups in total. The van der Waals surface area contributed by atoms with E-state index in [1.54, 1.807) is 14.2 Å². The molecule has 0 saturated carbocycles. The zero-order valence-electron chi connectivity index (χ0n) is 12.1. The van der Waals surface area contributed by atoms with E-state index in [2.05, 4.69) is 10.6 Å². The summed E-state index contributed by atoms with van der Waals surface area (Å²) in [7, 11) is 3.24. The molecular formula is C15H22N2O3. The van der Waals surface area contributed by atoms with E-state index < -0.39 is 0 Å². The number of carbonyl (C=O) groups excluding carboxylic acids is 1. The lowest BCUT2D eigenvalue weighted by molar-refractivity contribution is -0.124. The Balaban J connectivity index is 1.83. The minimum absolute atomic E-state index is 0.125. The van der Waals surface area contributed by atoms with Crippen LogP contribution in [0.1, 0.15) is 12.0 Å². The number of carbonyl (C=O) groups is 1. The molecular weight excluding hydrogens is 256 g/mol. The highest BCUT2D eigenvalue weighted by atomic mass is 16.5. The highest BCUT2D eigenvalue weighted by Gasteiger charge is 2.21. The van der Waals surface area contributed by atoms with Gasteiger partial charge in [0.2, 0.25) is 5.91 Å². The van der Waals surface area contributed by atoms with Crippen LogP contribution in [0, 0.1) is 5.92 Å². The number of hydrogen-bond acceptors (Lipinski definition) is 4. The summed E-state index contributed by atoms with van der Waals surface area (Å²) < 4.78 is 10.5. The summed E-state index contributed by atoms with van der Waals surface area (Å²) in [6, 6.07) is 5.82. The molecule has 1 aromatic carbocycles. The molecule has 5 heteroatoms. The molecule has 1 amide bonds. The van der Waals surface area contributed by atoms with Crippen molar-refractivity contribution in [1.82, 2.24) is 10.6 Å². The van der Waals surface area contributed by atoms with E-state index in [4.69, 9.17) is 9.47 Å². The van der Waals surface area contributed by atoms with Crippen molar-refractivity contribution in [3.8, 4) is 11.5 Å². The first-order chi connectivity index (χ1) is 9.74. The van der Waals surface area contributed by atoms with Gasteiger partial charge in [0.1, 0.15) is 0 Å². The fraction of sp³-hybridized carbons (Fsp3) is 0.533. The van der Waals surface area contributed by atoms with Gasteiger partial charge in [0.15, 0.2) is 11.5 Å². The van der Waals surface area contributed by atoms with Crippen LogP contribution in [0.5, 0.6) is 11.5 Å². The average molecular weight is 278 g/mol. The Morgan fingerprint density at radius 3 is 2.80 bits per heavy atom. The van der Waals surface area contributed by atoms with Crippen LogP contribution in [0.2, 0.25) is 0 Å². The maximum Gasteiger partial charge on any atom is 0.224 e. The van der Waals surface area contributed by atoms with Crippen LogP contribution in [0.15, 0.2) is 18.2 Å². The summed E-state index contributed by atoms with van der Waals surface area (Å²) in [5.41, 5.74) is 1.12. The third-order valence-corrected chi connectivity index (χ3v) is 3.59. The average Bonchev–Trinajstić information content (AvgIpc) is 3.01. The standard InChI is InChI=1S/C15H22N2O3/c1-19-13-4-3-11(9-14(13)20-2)5-8-17-15(18)12-6-7-16-10-12/h3-4,9,12,16H,5-8,10H2,1-2H3,(H,17,18). The molecule has 1 fully saturated rings. The van der Waals surface area contributed by atoms with Gasteiger partial charge < -0.3 is 20.1 Å². The summed E-state index contributed by atoms with van der Waals surface area (Å²) >= 11 is 0. The van der Waals surface area contributed by atoms with E-state index >= 15 is 0 Å². The molecule has 0 aliphatic carbocycles. The minimum Gasteiger partial charge on any atom is -0.493 e. The van der Waals surface area contributed by atoms with Crippen LogP contribution < -0.4 is 20.1 Å². The molecule has 20 heavy (non-hydrogen) atoms. The van der Waals surface area contributed by atoms with Crippen molar-refractivity contribution in [2.24, 2.45) is 5.92 Å². The van der Waals surface area contributed by atoms with Gasteiger partial charge in [0.05, 0.1) is 20.1 Å². The Kier molecular flexibility index (Phi) is 5.24. The van der Waals surface area contributed by atoms with Gasteiger partial charge in [-0.2, -0.15) is 0 Å². The third kappa shape index (κ3) is 3.63. The van der Waals surface area contributed by atoms with E-state index in [1.165, 1.54) is 0 Å². The van der Waals surface area contributed by atoms with Gasteiger partial charge in [0, 0.05) is 13.1 Å². The SMILES string of the molecule is COc1ccc(CCNC(=O)C2CCNC2)cc1OC. The molecule has 1 unspecified atom stereocenters. The summed E-state index contributed by atoms with van der Waals surface area (Å²) in [4.78, 5) is 11.9. The molecule has 0 radical (unpaired) electrons. The molecule has 0 aromatic heterocycles. The summed E-state index contributed by atoms with van der Waals surface area (Å²) in [5, 5.41) is 6.19. The maximum absolute atomic E-state index is 11.9. The molecule has 2 rings (SSSR count). The van der Waals surface area contributed by atoms with E-state index in [0.717, 1.165) is 43.0 Å². The molecule has 1 atom stereocenters. The number of ether oxygens (including phenoxy) is 2. The normalized spacial score (nSPS) is 17.8. The number of hydrogen-bond donors (Lipinski definition) is 2. The lowest BCUT2D eigenvalue weighted by Gasteiger charge is -2.11. The van der Waals surface area contributed by atoms with E-state index in [1.807, 2.05) is 18.2 Å². The van der Waals surface area contributed by atoms with E-state index in [-0.39, 0.29) is 11.8 Å². The van der Waals surface area contributed by atoms with Crippen LogP contribution in [0.4, 0.5) is 0 Å².